The first-order chi connectivity index (χ1) is 12.7. The summed E-state index contributed by atoms with van der Waals surface area (Å²) in [5.41, 5.74) is 7.48. The molecule has 134 valence electrons. The predicted molar refractivity (Wildman–Crippen MR) is 112 cm³/mol. The van der Waals surface area contributed by atoms with Crippen LogP contribution in [0.5, 0.6) is 0 Å². The maximum atomic E-state index is 3.63. The van der Waals surface area contributed by atoms with E-state index in [-0.39, 0.29) is 0 Å². The van der Waals surface area contributed by atoms with Crippen molar-refractivity contribution in [3.8, 4) is 0 Å². The van der Waals surface area contributed by atoms with Crippen LogP contribution in [0.25, 0.3) is 10.9 Å². The van der Waals surface area contributed by atoms with Gasteiger partial charge in [0.25, 0.3) is 0 Å². The van der Waals surface area contributed by atoms with Crippen LogP contribution in [0.3, 0.4) is 0 Å². The Balaban J connectivity index is 1.60. The number of benzene rings is 2. The third-order valence-electron chi connectivity index (χ3n) is 6.13. The first-order valence-corrected chi connectivity index (χ1v) is 10.6. The number of rotatable bonds is 2. The SMILES string of the molecule is Cc1ccc2c(c1)c1c3n2CCCN(Cc2cccc(Br)c2)[C@@H]3CCC1. The van der Waals surface area contributed by atoms with Crippen LogP contribution in [0.15, 0.2) is 46.9 Å². The third-order valence-corrected chi connectivity index (χ3v) is 6.62. The van der Waals surface area contributed by atoms with Crippen molar-refractivity contribution in [2.75, 3.05) is 6.54 Å². The van der Waals surface area contributed by atoms with Gasteiger partial charge >= 0.3 is 0 Å². The number of nitrogens with zero attached hydrogens (tertiary/aromatic N) is 2. The van der Waals surface area contributed by atoms with Crippen LogP contribution >= 0.6 is 15.9 Å². The summed E-state index contributed by atoms with van der Waals surface area (Å²) in [4.78, 5) is 2.73. The minimum absolute atomic E-state index is 0.563. The van der Waals surface area contributed by atoms with Crippen LogP contribution in [-0.2, 0) is 19.5 Å². The van der Waals surface area contributed by atoms with Gasteiger partial charge < -0.3 is 4.57 Å². The Morgan fingerprint density at radius 1 is 1.08 bits per heavy atom. The van der Waals surface area contributed by atoms with Gasteiger partial charge in [-0.3, -0.25) is 4.90 Å². The molecule has 2 nitrogen and oxygen atoms in total. The normalized spacial score (nSPS) is 20.2. The Bertz CT molecular complexity index is 968. The topological polar surface area (TPSA) is 8.17 Å². The maximum Gasteiger partial charge on any atom is 0.0507 e. The van der Waals surface area contributed by atoms with E-state index in [1.165, 1.54) is 58.7 Å². The smallest absolute Gasteiger partial charge is 0.0507 e. The maximum absolute atomic E-state index is 3.63. The van der Waals surface area contributed by atoms with Gasteiger partial charge in [-0.1, -0.05) is 39.7 Å². The molecule has 0 saturated carbocycles. The summed E-state index contributed by atoms with van der Waals surface area (Å²) >= 11 is 3.63. The van der Waals surface area contributed by atoms with Crippen LogP contribution < -0.4 is 0 Å². The van der Waals surface area contributed by atoms with Gasteiger partial charge in [0.05, 0.1) is 6.04 Å². The fourth-order valence-electron chi connectivity index (χ4n) is 5.05. The molecule has 0 amide bonds. The lowest BCUT2D eigenvalue weighted by atomic mass is 9.90. The molecule has 0 saturated heterocycles. The van der Waals surface area contributed by atoms with Crippen LogP contribution in [0.4, 0.5) is 0 Å². The molecule has 1 aromatic heterocycles. The molecule has 0 unspecified atom stereocenters. The fraction of sp³-hybridized carbons (Fsp3) is 0.391. The van der Waals surface area contributed by atoms with Crippen LogP contribution in [0.2, 0.25) is 0 Å². The van der Waals surface area contributed by atoms with Crippen molar-refractivity contribution < 1.29 is 0 Å². The summed E-state index contributed by atoms with van der Waals surface area (Å²) < 4.78 is 3.83. The standard InChI is InChI=1S/C23H25BrN2/c1-16-9-10-21-20(13-16)19-7-3-8-22-23(19)26(21)12-4-11-25(22)15-17-5-2-6-18(24)14-17/h2,5-6,9-10,13-14,22H,3-4,7-8,11-12,15H2,1H3/t22-/m1/s1. The molecule has 0 fully saturated rings. The van der Waals surface area contributed by atoms with Crippen LogP contribution in [0, 0.1) is 6.92 Å². The van der Waals surface area contributed by atoms with Crippen LogP contribution in [0.1, 0.15) is 47.7 Å². The van der Waals surface area contributed by atoms with E-state index in [9.17, 15) is 0 Å². The van der Waals surface area contributed by atoms with Crippen molar-refractivity contribution >= 4 is 26.8 Å². The van der Waals surface area contributed by atoms with E-state index >= 15 is 0 Å². The zero-order valence-electron chi connectivity index (χ0n) is 15.3. The highest BCUT2D eigenvalue weighted by atomic mass is 79.9. The molecule has 0 radical (unpaired) electrons. The van der Waals surface area contributed by atoms with Crippen molar-refractivity contribution in [3.05, 3.63) is 69.3 Å². The lowest BCUT2D eigenvalue weighted by molar-refractivity contribution is 0.173. The first kappa shape index (κ1) is 16.6. The van der Waals surface area contributed by atoms with Gasteiger partial charge in [-0.2, -0.15) is 0 Å². The molecule has 26 heavy (non-hydrogen) atoms. The monoisotopic (exact) mass is 408 g/mol. The Kier molecular flexibility index (Phi) is 4.17. The Morgan fingerprint density at radius 2 is 2.00 bits per heavy atom. The lowest BCUT2D eigenvalue weighted by Gasteiger charge is -2.33. The van der Waals surface area contributed by atoms with E-state index in [1.54, 1.807) is 11.3 Å². The van der Waals surface area contributed by atoms with E-state index < -0.39 is 0 Å². The predicted octanol–water partition coefficient (Wildman–Crippen LogP) is 6.00. The molecule has 1 aliphatic carbocycles. The van der Waals surface area contributed by atoms with Crippen molar-refractivity contribution in [1.82, 2.24) is 9.47 Å². The van der Waals surface area contributed by atoms with Gasteiger partial charge in [-0.05, 0) is 68.0 Å². The second-order valence-corrected chi connectivity index (χ2v) is 8.81. The van der Waals surface area contributed by atoms with E-state index in [4.69, 9.17) is 0 Å². The largest absolute Gasteiger partial charge is 0.343 e. The molecule has 1 atom stereocenters. The van der Waals surface area contributed by atoms with Gasteiger partial charge in [-0.15, -0.1) is 0 Å². The van der Waals surface area contributed by atoms with Gasteiger partial charge in [0.2, 0.25) is 0 Å². The molecule has 0 bridgehead atoms. The molecule has 5 rings (SSSR count). The van der Waals surface area contributed by atoms with Crippen molar-refractivity contribution in [2.45, 2.75) is 51.7 Å². The summed E-state index contributed by atoms with van der Waals surface area (Å²) in [5, 5.41) is 1.51. The Hall–Kier alpha value is -1.58. The minimum Gasteiger partial charge on any atom is -0.343 e. The molecule has 0 spiro atoms. The number of aryl methyl sites for hydroxylation is 3. The highest BCUT2D eigenvalue weighted by Gasteiger charge is 2.33. The Morgan fingerprint density at radius 3 is 2.88 bits per heavy atom. The summed E-state index contributed by atoms with van der Waals surface area (Å²) in [5.74, 6) is 0. The molecule has 2 aliphatic rings. The van der Waals surface area contributed by atoms with Crippen molar-refractivity contribution in [3.63, 3.8) is 0 Å². The summed E-state index contributed by atoms with van der Waals surface area (Å²) in [6.07, 6.45) is 5.06. The van der Waals surface area contributed by atoms with E-state index in [0.29, 0.717) is 6.04 Å². The summed E-state index contributed by atoms with van der Waals surface area (Å²) in [6.45, 7) is 5.60. The average Bonchev–Trinajstić information content (AvgIpc) is 2.82. The second-order valence-electron chi connectivity index (χ2n) is 7.90. The summed E-state index contributed by atoms with van der Waals surface area (Å²) in [7, 11) is 0. The molecular formula is C23H25BrN2. The Labute approximate surface area is 163 Å². The number of halogens is 1. The van der Waals surface area contributed by atoms with Crippen molar-refractivity contribution in [2.24, 2.45) is 0 Å². The van der Waals surface area contributed by atoms with Crippen molar-refractivity contribution in [1.29, 1.82) is 0 Å². The number of aromatic nitrogens is 1. The second kappa shape index (κ2) is 6.54. The lowest BCUT2D eigenvalue weighted by Crippen LogP contribution is -2.31. The number of fused-ring (bicyclic) bond motifs is 3. The zero-order valence-corrected chi connectivity index (χ0v) is 16.9. The summed E-state index contributed by atoms with van der Waals surface area (Å²) in [6, 6.07) is 16.4. The first-order valence-electron chi connectivity index (χ1n) is 9.81. The third kappa shape index (κ3) is 2.73. The fourth-order valence-corrected chi connectivity index (χ4v) is 5.50. The van der Waals surface area contributed by atoms with E-state index in [1.807, 2.05) is 0 Å². The molecule has 2 aromatic carbocycles. The molecule has 3 aromatic rings. The molecule has 1 aliphatic heterocycles. The number of hydrogen-bond donors (Lipinski definition) is 0. The van der Waals surface area contributed by atoms with Crippen LogP contribution in [-0.4, -0.2) is 16.0 Å². The quantitative estimate of drug-likeness (QED) is 0.504. The highest BCUT2D eigenvalue weighted by Crippen LogP contribution is 2.42. The van der Waals surface area contributed by atoms with Gasteiger partial charge in [0, 0.05) is 40.7 Å². The minimum atomic E-state index is 0.563. The molecule has 0 N–H and O–H groups in total. The zero-order chi connectivity index (χ0) is 17.7. The molecule has 3 heteroatoms. The molecular weight excluding hydrogens is 384 g/mol. The number of hydrogen-bond acceptors (Lipinski definition) is 1. The highest BCUT2D eigenvalue weighted by molar-refractivity contribution is 9.10. The van der Waals surface area contributed by atoms with Gasteiger partial charge in [0.15, 0.2) is 0 Å². The van der Waals surface area contributed by atoms with Gasteiger partial charge in [-0.25, -0.2) is 0 Å². The van der Waals surface area contributed by atoms with Gasteiger partial charge in [0.1, 0.15) is 0 Å². The van der Waals surface area contributed by atoms with E-state index in [0.717, 1.165) is 13.1 Å². The van der Waals surface area contributed by atoms with E-state index in [2.05, 4.69) is 74.8 Å². The average molecular weight is 409 g/mol. The molecule has 2 heterocycles.